The fraction of sp³-hybridized carbons (Fsp3) is 0.500. The predicted octanol–water partition coefficient (Wildman–Crippen LogP) is 2.82. The normalized spacial score (nSPS) is 20.8. The standard InChI is InChI=1S/C16H23NO2/c1-3-15-13-19-12-11-17(15)10-4-5-14-6-8-16(18-2)9-7-14/h4-9,15H,3,10-13H2,1-2H3/t15-/m0/s1. The van der Waals surface area contributed by atoms with E-state index < -0.39 is 0 Å². The van der Waals surface area contributed by atoms with Gasteiger partial charge in [-0.2, -0.15) is 0 Å². The SMILES string of the molecule is CC[C@H]1COCCN1CC=Cc1ccc(OC)cc1. The summed E-state index contributed by atoms with van der Waals surface area (Å²) in [7, 11) is 1.69. The topological polar surface area (TPSA) is 21.7 Å². The minimum atomic E-state index is 0.564. The largest absolute Gasteiger partial charge is 0.497 e. The first kappa shape index (κ1) is 14.1. The van der Waals surface area contributed by atoms with Crippen molar-refractivity contribution in [1.82, 2.24) is 4.90 Å². The first-order valence-corrected chi connectivity index (χ1v) is 6.96. The summed E-state index contributed by atoms with van der Waals surface area (Å²) in [6.07, 6.45) is 5.55. The van der Waals surface area contributed by atoms with E-state index in [4.69, 9.17) is 9.47 Å². The number of methoxy groups -OCH3 is 1. The minimum Gasteiger partial charge on any atom is -0.497 e. The van der Waals surface area contributed by atoms with E-state index in [0.29, 0.717) is 6.04 Å². The molecule has 0 radical (unpaired) electrons. The molecule has 1 fully saturated rings. The molecular formula is C16H23NO2. The summed E-state index contributed by atoms with van der Waals surface area (Å²) in [6, 6.07) is 8.69. The number of hydrogen-bond acceptors (Lipinski definition) is 3. The van der Waals surface area contributed by atoms with E-state index in [1.165, 1.54) is 5.56 Å². The number of nitrogens with zero attached hydrogens (tertiary/aromatic N) is 1. The third-order valence-electron chi connectivity index (χ3n) is 3.59. The molecule has 0 N–H and O–H groups in total. The molecule has 0 aromatic heterocycles. The van der Waals surface area contributed by atoms with E-state index >= 15 is 0 Å². The van der Waals surface area contributed by atoms with Gasteiger partial charge < -0.3 is 9.47 Å². The summed E-state index contributed by atoms with van der Waals surface area (Å²) in [5.74, 6) is 0.899. The second-order valence-electron chi connectivity index (χ2n) is 4.81. The molecule has 3 heteroatoms. The van der Waals surface area contributed by atoms with Crippen LogP contribution in [0.25, 0.3) is 6.08 Å². The molecule has 1 aliphatic heterocycles. The monoisotopic (exact) mass is 261 g/mol. The lowest BCUT2D eigenvalue weighted by molar-refractivity contribution is -0.00267. The highest BCUT2D eigenvalue weighted by Gasteiger charge is 2.19. The van der Waals surface area contributed by atoms with Crippen molar-refractivity contribution < 1.29 is 9.47 Å². The van der Waals surface area contributed by atoms with Crippen molar-refractivity contribution in [3.05, 3.63) is 35.9 Å². The smallest absolute Gasteiger partial charge is 0.118 e. The van der Waals surface area contributed by atoms with Gasteiger partial charge in [0.05, 0.1) is 20.3 Å². The maximum atomic E-state index is 5.51. The van der Waals surface area contributed by atoms with Gasteiger partial charge in [-0.05, 0) is 24.1 Å². The highest BCUT2D eigenvalue weighted by molar-refractivity contribution is 5.50. The van der Waals surface area contributed by atoms with Crippen LogP contribution in [0.1, 0.15) is 18.9 Å². The molecule has 1 atom stereocenters. The van der Waals surface area contributed by atoms with Crippen molar-refractivity contribution >= 4 is 6.08 Å². The molecule has 0 unspecified atom stereocenters. The van der Waals surface area contributed by atoms with E-state index in [1.54, 1.807) is 7.11 Å². The van der Waals surface area contributed by atoms with Crippen molar-refractivity contribution in [2.75, 3.05) is 33.4 Å². The Morgan fingerprint density at radius 3 is 2.84 bits per heavy atom. The van der Waals surface area contributed by atoms with Gasteiger partial charge in [-0.1, -0.05) is 31.2 Å². The Balaban J connectivity index is 1.87. The lowest BCUT2D eigenvalue weighted by Crippen LogP contribution is -2.44. The van der Waals surface area contributed by atoms with Gasteiger partial charge in [0, 0.05) is 19.1 Å². The Morgan fingerprint density at radius 2 is 2.16 bits per heavy atom. The molecule has 1 saturated heterocycles. The Kier molecular flexibility index (Phi) is 5.43. The van der Waals surface area contributed by atoms with Crippen LogP contribution in [0.15, 0.2) is 30.3 Å². The van der Waals surface area contributed by atoms with Gasteiger partial charge in [0.15, 0.2) is 0 Å². The van der Waals surface area contributed by atoms with E-state index in [1.807, 2.05) is 12.1 Å². The molecule has 0 spiro atoms. The Hall–Kier alpha value is -1.32. The van der Waals surface area contributed by atoms with Crippen molar-refractivity contribution in [2.45, 2.75) is 19.4 Å². The zero-order valence-electron chi connectivity index (χ0n) is 11.8. The first-order valence-electron chi connectivity index (χ1n) is 6.96. The van der Waals surface area contributed by atoms with Gasteiger partial charge in [-0.15, -0.1) is 0 Å². The average molecular weight is 261 g/mol. The fourth-order valence-electron chi connectivity index (χ4n) is 2.34. The highest BCUT2D eigenvalue weighted by atomic mass is 16.5. The van der Waals surface area contributed by atoms with Crippen molar-refractivity contribution in [1.29, 1.82) is 0 Å². The third kappa shape index (κ3) is 4.08. The van der Waals surface area contributed by atoms with Crippen LogP contribution >= 0.6 is 0 Å². The zero-order chi connectivity index (χ0) is 13.5. The second kappa shape index (κ2) is 7.31. The number of benzene rings is 1. The van der Waals surface area contributed by atoms with Crippen LogP contribution in [0.5, 0.6) is 5.75 Å². The molecule has 3 nitrogen and oxygen atoms in total. The predicted molar refractivity (Wildman–Crippen MR) is 78.5 cm³/mol. The maximum absolute atomic E-state index is 5.51. The zero-order valence-corrected chi connectivity index (χ0v) is 11.8. The quantitative estimate of drug-likeness (QED) is 0.813. The van der Waals surface area contributed by atoms with Crippen LogP contribution in [0.3, 0.4) is 0 Å². The third-order valence-corrected chi connectivity index (χ3v) is 3.59. The molecule has 104 valence electrons. The van der Waals surface area contributed by atoms with Crippen molar-refractivity contribution in [2.24, 2.45) is 0 Å². The lowest BCUT2D eigenvalue weighted by Gasteiger charge is -2.34. The van der Waals surface area contributed by atoms with Gasteiger partial charge >= 0.3 is 0 Å². The molecular weight excluding hydrogens is 238 g/mol. The number of ether oxygens (including phenoxy) is 2. The summed E-state index contributed by atoms with van der Waals surface area (Å²) in [5.41, 5.74) is 1.21. The lowest BCUT2D eigenvalue weighted by atomic mass is 10.1. The van der Waals surface area contributed by atoms with Crippen molar-refractivity contribution in [3.63, 3.8) is 0 Å². The molecule has 1 heterocycles. The second-order valence-corrected chi connectivity index (χ2v) is 4.81. The summed E-state index contributed by atoms with van der Waals surface area (Å²) in [6.45, 7) is 5.97. The molecule has 0 saturated carbocycles. The van der Waals surface area contributed by atoms with E-state index in [2.05, 4.69) is 36.1 Å². The Morgan fingerprint density at radius 1 is 1.37 bits per heavy atom. The Bertz CT molecular complexity index is 400. The molecule has 19 heavy (non-hydrogen) atoms. The maximum Gasteiger partial charge on any atom is 0.118 e. The summed E-state index contributed by atoms with van der Waals surface area (Å²) >= 11 is 0. The van der Waals surface area contributed by atoms with Crippen molar-refractivity contribution in [3.8, 4) is 5.75 Å². The van der Waals surface area contributed by atoms with E-state index in [-0.39, 0.29) is 0 Å². The van der Waals surface area contributed by atoms with Crippen LogP contribution in [0.2, 0.25) is 0 Å². The summed E-state index contributed by atoms with van der Waals surface area (Å²) < 4.78 is 10.7. The number of morpholine rings is 1. The molecule has 0 bridgehead atoms. The van der Waals surface area contributed by atoms with Gasteiger partial charge in [-0.3, -0.25) is 4.90 Å². The van der Waals surface area contributed by atoms with Gasteiger partial charge in [0.1, 0.15) is 5.75 Å². The average Bonchev–Trinajstić information content (AvgIpc) is 2.48. The minimum absolute atomic E-state index is 0.564. The van der Waals surface area contributed by atoms with Gasteiger partial charge in [-0.25, -0.2) is 0 Å². The molecule has 1 aliphatic rings. The fourth-order valence-corrected chi connectivity index (χ4v) is 2.34. The summed E-state index contributed by atoms with van der Waals surface area (Å²) in [5, 5.41) is 0. The number of hydrogen-bond donors (Lipinski definition) is 0. The molecule has 2 rings (SSSR count). The van der Waals surface area contributed by atoms with Crippen LogP contribution in [0.4, 0.5) is 0 Å². The highest BCUT2D eigenvalue weighted by Crippen LogP contribution is 2.13. The number of rotatable bonds is 5. The molecule has 0 amide bonds. The van der Waals surface area contributed by atoms with Crippen LogP contribution in [-0.2, 0) is 4.74 Å². The Labute approximate surface area is 115 Å². The van der Waals surface area contributed by atoms with Gasteiger partial charge in [0.2, 0.25) is 0 Å². The molecule has 0 aliphatic carbocycles. The molecule has 1 aromatic carbocycles. The first-order chi connectivity index (χ1) is 9.33. The van der Waals surface area contributed by atoms with E-state index in [9.17, 15) is 0 Å². The van der Waals surface area contributed by atoms with Gasteiger partial charge in [0.25, 0.3) is 0 Å². The van der Waals surface area contributed by atoms with Crippen LogP contribution in [-0.4, -0.2) is 44.4 Å². The van der Waals surface area contributed by atoms with E-state index in [0.717, 1.165) is 38.5 Å². The molecule has 1 aromatic rings. The summed E-state index contributed by atoms with van der Waals surface area (Å²) in [4.78, 5) is 2.49. The van der Waals surface area contributed by atoms with Crippen LogP contribution < -0.4 is 4.74 Å². The van der Waals surface area contributed by atoms with Crippen LogP contribution in [0, 0.1) is 0 Å².